The second kappa shape index (κ2) is 11.2. The molecule has 47 heavy (non-hydrogen) atoms. The van der Waals surface area contributed by atoms with Crippen molar-refractivity contribution in [3.8, 4) is 51.0 Å². The van der Waals surface area contributed by atoms with Gasteiger partial charge in [0.2, 0.25) is 0 Å². The second-order valence-electron chi connectivity index (χ2n) is 11.7. The lowest BCUT2D eigenvalue weighted by Gasteiger charge is -2.16. The van der Waals surface area contributed by atoms with E-state index in [1.165, 1.54) is 16.2 Å². The van der Waals surface area contributed by atoms with Gasteiger partial charge >= 0.3 is 0 Å². The minimum Gasteiger partial charge on any atom is -0.308 e. The Morgan fingerprint density at radius 1 is 0.340 bits per heavy atom. The molecular formula is C43H28N4. The number of fused-ring (bicyclic) bond motifs is 4. The van der Waals surface area contributed by atoms with Crippen LogP contribution in [-0.2, 0) is 0 Å². The van der Waals surface area contributed by atoms with E-state index in [0.717, 1.165) is 49.9 Å². The van der Waals surface area contributed by atoms with E-state index in [1.54, 1.807) is 0 Å². The number of rotatable bonds is 5. The highest BCUT2D eigenvalue weighted by atomic mass is 15.1. The van der Waals surface area contributed by atoms with Crippen molar-refractivity contribution in [2.75, 3.05) is 0 Å². The summed E-state index contributed by atoms with van der Waals surface area (Å²) in [5.41, 5.74) is 8.37. The Balaban J connectivity index is 1.34. The van der Waals surface area contributed by atoms with Gasteiger partial charge in [-0.3, -0.25) is 0 Å². The van der Waals surface area contributed by atoms with Gasteiger partial charge in [0, 0.05) is 27.5 Å². The second-order valence-corrected chi connectivity index (χ2v) is 11.7. The van der Waals surface area contributed by atoms with Crippen molar-refractivity contribution < 1.29 is 0 Å². The summed E-state index contributed by atoms with van der Waals surface area (Å²) in [4.78, 5) is 15.4. The maximum absolute atomic E-state index is 5.20. The third kappa shape index (κ3) is 4.75. The molecule has 2 heterocycles. The summed E-state index contributed by atoms with van der Waals surface area (Å²) in [5.74, 6) is 1.90. The monoisotopic (exact) mass is 600 g/mol. The predicted octanol–water partition coefficient (Wildman–Crippen LogP) is 10.8. The van der Waals surface area contributed by atoms with Crippen LogP contribution in [0.15, 0.2) is 170 Å². The summed E-state index contributed by atoms with van der Waals surface area (Å²) < 4.78 is 2.36. The molecule has 0 fully saturated rings. The molecule has 0 aliphatic carbocycles. The quantitative estimate of drug-likeness (QED) is 0.197. The fraction of sp³-hybridized carbons (Fsp3) is 0. The van der Waals surface area contributed by atoms with Gasteiger partial charge in [0.05, 0.1) is 16.7 Å². The molecule has 0 spiro atoms. The summed E-state index contributed by atoms with van der Waals surface area (Å²) in [5, 5.41) is 4.73. The first-order valence-corrected chi connectivity index (χ1v) is 15.8. The highest BCUT2D eigenvalue weighted by molar-refractivity contribution is 6.09. The third-order valence-electron chi connectivity index (χ3n) is 8.84. The van der Waals surface area contributed by atoms with Crippen LogP contribution < -0.4 is 0 Å². The van der Waals surface area contributed by atoms with Crippen LogP contribution in [0.25, 0.3) is 83.6 Å². The number of hydrogen-bond donors (Lipinski definition) is 0. The molecule has 7 aromatic carbocycles. The Morgan fingerprint density at radius 2 is 0.872 bits per heavy atom. The molecule has 0 bridgehead atoms. The third-order valence-corrected chi connectivity index (χ3v) is 8.84. The predicted molar refractivity (Wildman–Crippen MR) is 193 cm³/mol. The molecule has 4 nitrogen and oxygen atoms in total. The van der Waals surface area contributed by atoms with Crippen LogP contribution in [0, 0.1) is 0 Å². The first kappa shape index (κ1) is 27.0. The molecule has 0 N–H and O–H groups in total. The summed E-state index contributed by atoms with van der Waals surface area (Å²) in [6.07, 6.45) is 0. The van der Waals surface area contributed by atoms with Crippen molar-refractivity contribution in [1.82, 2.24) is 19.5 Å². The van der Waals surface area contributed by atoms with Crippen LogP contribution in [-0.4, -0.2) is 19.5 Å². The zero-order chi connectivity index (χ0) is 31.2. The van der Waals surface area contributed by atoms with E-state index in [9.17, 15) is 0 Å². The Labute approximate surface area is 272 Å². The van der Waals surface area contributed by atoms with Crippen molar-refractivity contribution in [1.29, 1.82) is 0 Å². The van der Waals surface area contributed by atoms with Gasteiger partial charge in [-0.15, -0.1) is 0 Å². The Kier molecular flexibility index (Phi) is 6.43. The normalized spacial score (nSPS) is 11.4. The first-order valence-electron chi connectivity index (χ1n) is 15.8. The van der Waals surface area contributed by atoms with Gasteiger partial charge in [-0.2, -0.15) is 0 Å². The average Bonchev–Trinajstić information content (AvgIpc) is 3.49. The van der Waals surface area contributed by atoms with E-state index in [1.807, 2.05) is 18.2 Å². The van der Waals surface area contributed by atoms with Crippen LogP contribution in [0.3, 0.4) is 0 Å². The van der Waals surface area contributed by atoms with Gasteiger partial charge in [-0.1, -0.05) is 140 Å². The van der Waals surface area contributed by atoms with E-state index in [-0.39, 0.29) is 0 Å². The standard InChI is InChI=1S/C43H28N4/c1-3-13-29(14-4-1)33-25-26-37(40(28-33)47-38-21-11-9-19-35(38)36-20-10-12-22-39(36)47)43-45-41(31-16-5-2-6-17-31)44-42(46-43)34-24-23-30-15-7-8-18-32(30)27-34/h1-28H. The van der Waals surface area contributed by atoms with Crippen LogP contribution in [0.5, 0.6) is 0 Å². The smallest absolute Gasteiger partial charge is 0.166 e. The lowest BCUT2D eigenvalue weighted by molar-refractivity contribution is 1.06. The molecule has 0 aliphatic heterocycles. The van der Waals surface area contributed by atoms with E-state index in [4.69, 9.17) is 15.0 Å². The van der Waals surface area contributed by atoms with Gasteiger partial charge in [-0.25, -0.2) is 15.0 Å². The summed E-state index contributed by atoms with van der Waals surface area (Å²) in [6.45, 7) is 0. The highest BCUT2D eigenvalue weighted by Crippen LogP contribution is 2.38. The van der Waals surface area contributed by atoms with Crippen molar-refractivity contribution in [2.45, 2.75) is 0 Å². The summed E-state index contributed by atoms with van der Waals surface area (Å²) in [6, 6.07) is 59.2. The number of nitrogens with zero attached hydrogens (tertiary/aromatic N) is 4. The number of aromatic nitrogens is 4. The largest absolute Gasteiger partial charge is 0.308 e. The van der Waals surface area contributed by atoms with E-state index < -0.39 is 0 Å². The van der Waals surface area contributed by atoms with Crippen molar-refractivity contribution in [3.63, 3.8) is 0 Å². The van der Waals surface area contributed by atoms with Crippen LogP contribution in [0.4, 0.5) is 0 Å². The highest BCUT2D eigenvalue weighted by Gasteiger charge is 2.20. The van der Waals surface area contributed by atoms with Crippen LogP contribution >= 0.6 is 0 Å². The molecule has 0 atom stereocenters. The summed E-state index contributed by atoms with van der Waals surface area (Å²) in [7, 11) is 0. The first-order chi connectivity index (χ1) is 23.3. The Hall–Kier alpha value is -6.39. The number of hydrogen-bond acceptors (Lipinski definition) is 3. The van der Waals surface area contributed by atoms with Gasteiger partial charge in [0.1, 0.15) is 0 Å². The molecule has 0 aliphatic rings. The SMILES string of the molecule is c1ccc(-c2ccc(-c3nc(-c4ccccc4)nc(-c4ccc5ccccc5c4)n3)c(-n3c4ccccc4c4ccccc43)c2)cc1. The molecule has 0 unspecified atom stereocenters. The maximum Gasteiger partial charge on any atom is 0.166 e. The maximum atomic E-state index is 5.20. The van der Waals surface area contributed by atoms with Crippen molar-refractivity contribution in [3.05, 3.63) is 170 Å². The van der Waals surface area contributed by atoms with Gasteiger partial charge in [-0.05, 0) is 52.2 Å². The molecule has 9 aromatic rings. The molecule has 220 valence electrons. The Morgan fingerprint density at radius 3 is 1.57 bits per heavy atom. The fourth-order valence-corrected chi connectivity index (χ4v) is 6.57. The molecule has 0 radical (unpaired) electrons. The van der Waals surface area contributed by atoms with Crippen LogP contribution in [0.2, 0.25) is 0 Å². The minimum absolute atomic E-state index is 0.624. The van der Waals surface area contributed by atoms with Crippen molar-refractivity contribution >= 4 is 32.6 Å². The van der Waals surface area contributed by atoms with Gasteiger partial charge in [0.15, 0.2) is 17.5 Å². The molecule has 2 aromatic heterocycles. The zero-order valence-corrected chi connectivity index (χ0v) is 25.5. The van der Waals surface area contributed by atoms with E-state index in [0.29, 0.717) is 17.5 Å². The molecule has 0 saturated carbocycles. The molecule has 4 heteroatoms. The van der Waals surface area contributed by atoms with E-state index >= 15 is 0 Å². The molecule has 0 amide bonds. The minimum atomic E-state index is 0.624. The number of benzene rings is 7. The lowest BCUT2D eigenvalue weighted by Crippen LogP contribution is -2.04. The lowest BCUT2D eigenvalue weighted by atomic mass is 10.0. The zero-order valence-electron chi connectivity index (χ0n) is 25.5. The van der Waals surface area contributed by atoms with E-state index in [2.05, 4.69) is 156 Å². The van der Waals surface area contributed by atoms with Gasteiger partial charge < -0.3 is 4.57 Å². The molecule has 0 saturated heterocycles. The van der Waals surface area contributed by atoms with Crippen molar-refractivity contribution in [2.24, 2.45) is 0 Å². The molecule has 9 rings (SSSR count). The van der Waals surface area contributed by atoms with Crippen LogP contribution in [0.1, 0.15) is 0 Å². The number of para-hydroxylation sites is 2. The topological polar surface area (TPSA) is 43.6 Å². The summed E-state index contributed by atoms with van der Waals surface area (Å²) >= 11 is 0. The Bertz CT molecular complexity index is 2520. The average molecular weight is 601 g/mol. The molecular weight excluding hydrogens is 573 g/mol. The fourth-order valence-electron chi connectivity index (χ4n) is 6.57. The van der Waals surface area contributed by atoms with Gasteiger partial charge in [0.25, 0.3) is 0 Å².